The second kappa shape index (κ2) is 8.34. The molecule has 0 spiro atoms. The lowest BCUT2D eigenvalue weighted by Gasteiger charge is -2.21. The summed E-state index contributed by atoms with van der Waals surface area (Å²) in [6, 6.07) is 20.5. The highest BCUT2D eigenvalue weighted by Crippen LogP contribution is 2.20. The Bertz CT molecular complexity index is 815. The van der Waals surface area contributed by atoms with Gasteiger partial charge in [-0.05, 0) is 42.8 Å². The smallest absolute Gasteiger partial charge is 0.227 e. The first-order valence-corrected chi connectivity index (χ1v) is 8.82. The van der Waals surface area contributed by atoms with Crippen molar-refractivity contribution in [1.29, 1.82) is 0 Å². The average Bonchev–Trinajstić information content (AvgIpc) is 2.67. The maximum atomic E-state index is 4.69. The highest BCUT2D eigenvalue weighted by atomic mass is 15.3. The van der Waals surface area contributed by atoms with E-state index in [0.29, 0.717) is 0 Å². The van der Waals surface area contributed by atoms with Gasteiger partial charge in [0.15, 0.2) is 0 Å². The Morgan fingerprint density at radius 3 is 2.31 bits per heavy atom. The summed E-state index contributed by atoms with van der Waals surface area (Å²) in [5.74, 6) is 1.52. The second-order valence-corrected chi connectivity index (χ2v) is 6.31. The predicted octanol–water partition coefficient (Wildman–Crippen LogP) is 4.31. The molecule has 134 valence electrons. The van der Waals surface area contributed by atoms with E-state index in [2.05, 4.69) is 80.5 Å². The molecule has 5 heteroatoms. The van der Waals surface area contributed by atoms with E-state index in [0.717, 1.165) is 30.5 Å². The molecule has 3 rings (SSSR count). The lowest BCUT2D eigenvalue weighted by atomic mass is 10.2. The highest BCUT2D eigenvalue weighted by Gasteiger charge is 2.09. The minimum atomic E-state index is 0.728. The summed E-state index contributed by atoms with van der Waals surface area (Å²) in [4.78, 5) is 13.4. The number of benzene rings is 2. The van der Waals surface area contributed by atoms with Gasteiger partial charge in [-0.15, -0.1) is 0 Å². The summed E-state index contributed by atoms with van der Waals surface area (Å²) in [6.07, 6.45) is 1.80. The monoisotopic (exact) mass is 347 g/mol. The average molecular weight is 347 g/mol. The molecule has 1 heterocycles. The van der Waals surface area contributed by atoms with Gasteiger partial charge in [0.1, 0.15) is 5.82 Å². The van der Waals surface area contributed by atoms with E-state index >= 15 is 0 Å². The Balaban J connectivity index is 1.74. The van der Waals surface area contributed by atoms with E-state index < -0.39 is 0 Å². The number of anilines is 4. The van der Waals surface area contributed by atoms with Crippen molar-refractivity contribution in [2.45, 2.75) is 13.5 Å². The molecule has 5 nitrogen and oxygen atoms in total. The predicted molar refractivity (Wildman–Crippen MR) is 109 cm³/mol. The van der Waals surface area contributed by atoms with Crippen molar-refractivity contribution in [2.75, 3.05) is 35.8 Å². The summed E-state index contributed by atoms with van der Waals surface area (Å²) in [5, 5.41) is 3.36. The van der Waals surface area contributed by atoms with Gasteiger partial charge in [0.25, 0.3) is 0 Å². The van der Waals surface area contributed by atoms with Crippen LogP contribution in [0.3, 0.4) is 0 Å². The molecule has 0 aliphatic heterocycles. The van der Waals surface area contributed by atoms with E-state index in [4.69, 9.17) is 0 Å². The van der Waals surface area contributed by atoms with Crippen LogP contribution < -0.4 is 15.1 Å². The fraction of sp³-hybridized carbons (Fsp3) is 0.238. The van der Waals surface area contributed by atoms with Crippen molar-refractivity contribution >= 4 is 23.1 Å². The first kappa shape index (κ1) is 17.7. The molecule has 0 bridgehead atoms. The molecule has 26 heavy (non-hydrogen) atoms. The van der Waals surface area contributed by atoms with E-state index in [1.54, 1.807) is 6.20 Å². The molecule has 0 aliphatic rings. The quantitative estimate of drug-likeness (QED) is 0.690. The molecule has 0 fully saturated rings. The van der Waals surface area contributed by atoms with Crippen LogP contribution in [0, 0.1) is 0 Å². The van der Waals surface area contributed by atoms with Crippen LogP contribution >= 0.6 is 0 Å². The topological polar surface area (TPSA) is 44.3 Å². The Morgan fingerprint density at radius 1 is 0.923 bits per heavy atom. The molecule has 0 aliphatic carbocycles. The molecule has 2 aromatic carbocycles. The largest absolute Gasteiger partial charge is 0.378 e. The number of hydrogen-bond acceptors (Lipinski definition) is 5. The van der Waals surface area contributed by atoms with Crippen LogP contribution in [0.2, 0.25) is 0 Å². The van der Waals surface area contributed by atoms with Crippen molar-refractivity contribution in [2.24, 2.45) is 0 Å². The van der Waals surface area contributed by atoms with Crippen molar-refractivity contribution in [3.8, 4) is 0 Å². The maximum absolute atomic E-state index is 4.69. The van der Waals surface area contributed by atoms with E-state index in [1.807, 2.05) is 26.2 Å². The molecule has 0 amide bonds. The van der Waals surface area contributed by atoms with Crippen LogP contribution in [0.15, 0.2) is 66.9 Å². The van der Waals surface area contributed by atoms with Crippen molar-refractivity contribution in [1.82, 2.24) is 9.97 Å². The van der Waals surface area contributed by atoms with Crippen LogP contribution in [-0.4, -0.2) is 30.6 Å². The summed E-state index contributed by atoms with van der Waals surface area (Å²) >= 11 is 0. The van der Waals surface area contributed by atoms with Gasteiger partial charge in [-0.1, -0.05) is 30.3 Å². The molecule has 3 aromatic rings. The van der Waals surface area contributed by atoms with Crippen molar-refractivity contribution in [3.63, 3.8) is 0 Å². The lowest BCUT2D eigenvalue weighted by molar-refractivity contribution is 0.792. The van der Waals surface area contributed by atoms with Crippen LogP contribution in [0.4, 0.5) is 23.1 Å². The zero-order valence-corrected chi connectivity index (χ0v) is 15.6. The van der Waals surface area contributed by atoms with Crippen LogP contribution in [-0.2, 0) is 6.54 Å². The van der Waals surface area contributed by atoms with Crippen LogP contribution in [0.25, 0.3) is 0 Å². The van der Waals surface area contributed by atoms with E-state index in [1.165, 1.54) is 11.3 Å². The second-order valence-electron chi connectivity index (χ2n) is 6.31. The molecule has 0 saturated heterocycles. The SMILES string of the molecule is CCN(Cc1ccccc1)c1nccc(Nc2ccc(N(C)C)cc2)n1. The number of nitrogens with one attached hydrogen (secondary N) is 1. The fourth-order valence-electron chi connectivity index (χ4n) is 2.69. The van der Waals surface area contributed by atoms with Gasteiger partial charge in [0, 0.05) is 44.8 Å². The standard InChI is InChI=1S/C21H25N5/c1-4-26(16-17-8-6-5-7-9-17)21-22-15-14-20(24-21)23-18-10-12-19(13-11-18)25(2)3/h5-15H,4,16H2,1-3H3,(H,22,23,24). The molecular formula is C21H25N5. The van der Waals surface area contributed by atoms with Crippen molar-refractivity contribution in [3.05, 3.63) is 72.4 Å². The highest BCUT2D eigenvalue weighted by molar-refractivity contribution is 5.61. The Kier molecular flexibility index (Phi) is 5.69. The summed E-state index contributed by atoms with van der Waals surface area (Å²) in [7, 11) is 4.07. The Labute approximate surface area is 155 Å². The number of aromatic nitrogens is 2. The van der Waals surface area contributed by atoms with Crippen molar-refractivity contribution < 1.29 is 0 Å². The minimum Gasteiger partial charge on any atom is -0.378 e. The van der Waals surface area contributed by atoms with Crippen LogP contribution in [0.1, 0.15) is 12.5 Å². The normalized spacial score (nSPS) is 10.4. The third-order valence-electron chi connectivity index (χ3n) is 4.18. The van der Waals surface area contributed by atoms with Gasteiger partial charge in [0.05, 0.1) is 0 Å². The van der Waals surface area contributed by atoms with Gasteiger partial charge < -0.3 is 15.1 Å². The number of hydrogen-bond donors (Lipinski definition) is 1. The zero-order chi connectivity index (χ0) is 18.4. The third-order valence-corrected chi connectivity index (χ3v) is 4.18. The first-order valence-electron chi connectivity index (χ1n) is 8.82. The molecule has 0 unspecified atom stereocenters. The molecule has 0 atom stereocenters. The maximum Gasteiger partial charge on any atom is 0.227 e. The number of nitrogens with zero attached hydrogens (tertiary/aromatic N) is 4. The molecule has 0 radical (unpaired) electrons. The fourth-order valence-corrected chi connectivity index (χ4v) is 2.69. The minimum absolute atomic E-state index is 0.728. The summed E-state index contributed by atoms with van der Waals surface area (Å²) in [5.41, 5.74) is 3.42. The lowest BCUT2D eigenvalue weighted by Crippen LogP contribution is -2.24. The van der Waals surface area contributed by atoms with Gasteiger partial charge in [-0.2, -0.15) is 4.98 Å². The van der Waals surface area contributed by atoms with Gasteiger partial charge >= 0.3 is 0 Å². The summed E-state index contributed by atoms with van der Waals surface area (Å²) < 4.78 is 0. The molecular weight excluding hydrogens is 322 g/mol. The first-order chi connectivity index (χ1) is 12.7. The van der Waals surface area contributed by atoms with E-state index in [9.17, 15) is 0 Å². The molecule has 1 N–H and O–H groups in total. The van der Waals surface area contributed by atoms with Gasteiger partial charge in [-0.3, -0.25) is 0 Å². The van der Waals surface area contributed by atoms with Crippen LogP contribution in [0.5, 0.6) is 0 Å². The van der Waals surface area contributed by atoms with Gasteiger partial charge in [-0.25, -0.2) is 4.98 Å². The Morgan fingerprint density at radius 2 is 1.65 bits per heavy atom. The zero-order valence-electron chi connectivity index (χ0n) is 15.6. The van der Waals surface area contributed by atoms with Gasteiger partial charge in [0.2, 0.25) is 5.95 Å². The summed E-state index contributed by atoms with van der Waals surface area (Å²) in [6.45, 7) is 3.75. The number of rotatable bonds is 7. The molecule has 1 aromatic heterocycles. The van der Waals surface area contributed by atoms with E-state index in [-0.39, 0.29) is 0 Å². The Hall–Kier alpha value is -3.08. The third kappa shape index (κ3) is 4.51. The molecule has 0 saturated carbocycles.